The van der Waals surface area contributed by atoms with Gasteiger partial charge in [-0.15, -0.1) is 0 Å². The molecule has 31 heavy (non-hydrogen) atoms. The molecule has 1 amide bonds. The third-order valence-electron chi connectivity index (χ3n) is 6.74. The summed E-state index contributed by atoms with van der Waals surface area (Å²) in [5.41, 5.74) is 1.02. The summed E-state index contributed by atoms with van der Waals surface area (Å²) in [5.74, 6) is 1.68. The van der Waals surface area contributed by atoms with Gasteiger partial charge in [-0.05, 0) is 69.0 Å². The number of aromatic nitrogens is 1. The van der Waals surface area contributed by atoms with Crippen molar-refractivity contribution in [2.75, 3.05) is 26.2 Å². The van der Waals surface area contributed by atoms with E-state index in [2.05, 4.69) is 16.3 Å². The number of ether oxygens (including phenoxy) is 1. The van der Waals surface area contributed by atoms with E-state index in [4.69, 9.17) is 9.72 Å². The van der Waals surface area contributed by atoms with E-state index in [1.807, 2.05) is 48.7 Å². The van der Waals surface area contributed by atoms with Gasteiger partial charge >= 0.3 is 0 Å². The molecule has 4 rings (SSSR count). The Morgan fingerprint density at radius 1 is 1.00 bits per heavy atom. The predicted octanol–water partition coefficient (Wildman–Crippen LogP) is 4.61. The van der Waals surface area contributed by atoms with Gasteiger partial charge in [0.2, 0.25) is 5.91 Å². The number of nitrogens with one attached hydrogen (secondary N) is 1. The largest absolute Gasteiger partial charge is 0.492 e. The molecule has 1 aliphatic carbocycles. The molecular formula is C26H35N3O2. The Balaban J connectivity index is 1.57. The quantitative estimate of drug-likeness (QED) is 0.676. The first-order valence-corrected chi connectivity index (χ1v) is 11.9. The van der Waals surface area contributed by atoms with E-state index in [1.165, 1.54) is 19.3 Å². The normalized spacial score (nSPS) is 19.0. The summed E-state index contributed by atoms with van der Waals surface area (Å²) in [5, 5.41) is 3.39. The average Bonchev–Trinajstić information content (AvgIpc) is 2.85. The molecule has 1 N–H and O–H groups in total. The van der Waals surface area contributed by atoms with Crippen LogP contribution in [0.2, 0.25) is 0 Å². The molecule has 0 bridgehead atoms. The van der Waals surface area contributed by atoms with Crippen LogP contribution in [0, 0.1) is 11.8 Å². The zero-order valence-corrected chi connectivity index (χ0v) is 18.4. The maximum Gasteiger partial charge on any atom is 0.226 e. The van der Waals surface area contributed by atoms with Gasteiger partial charge in [0, 0.05) is 12.1 Å². The van der Waals surface area contributed by atoms with E-state index < -0.39 is 0 Å². The van der Waals surface area contributed by atoms with Crippen LogP contribution in [-0.2, 0) is 4.79 Å². The van der Waals surface area contributed by atoms with E-state index in [0.717, 1.165) is 50.2 Å². The zero-order chi connectivity index (χ0) is 21.3. The molecule has 2 aromatic rings. The highest BCUT2D eigenvalue weighted by Crippen LogP contribution is 2.38. The number of carbonyl (C=O) groups excluding carboxylic acids is 1. The van der Waals surface area contributed by atoms with Crippen LogP contribution in [0.4, 0.5) is 0 Å². The number of para-hydroxylation sites is 1. The third kappa shape index (κ3) is 5.85. The van der Waals surface area contributed by atoms with Crippen molar-refractivity contribution < 1.29 is 9.53 Å². The number of piperidine rings is 1. The molecule has 5 heteroatoms. The summed E-state index contributed by atoms with van der Waals surface area (Å²) in [4.78, 5) is 20.7. The van der Waals surface area contributed by atoms with Crippen molar-refractivity contribution in [1.29, 1.82) is 0 Å². The second kappa shape index (κ2) is 11.3. The Labute approximate surface area is 186 Å². The summed E-state index contributed by atoms with van der Waals surface area (Å²) < 4.78 is 6.02. The monoisotopic (exact) mass is 421 g/mol. The standard InChI is InChI=1S/C26H35N3O2/c30-26(22-14-17-27-18-15-22)29(19-20-31-23-11-5-2-6-12-23)25(21-9-3-1-4-10-21)24-13-7-8-16-28-24/h2,5-8,11-13,16,21-22,25,27H,1,3-4,9-10,14-15,17-20H2. The van der Waals surface area contributed by atoms with Crippen molar-refractivity contribution in [3.63, 3.8) is 0 Å². The summed E-state index contributed by atoms with van der Waals surface area (Å²) in [6.45, 7) is 2.93. The van der Waals surface area contributed by atoms with Gasteiger partial charge < -0.3 is 15.0 Å². The number of amides is 1. The minimum atomic E-state index is 0.0308. The molecule has 1 atom stereocenters. The Hall–Kier alpha value is -2.40. The van der Waals surface area contributed by atoms with Gasteiger partial charge in [0.1, 0.15) is 12.4 Å². The fraction of sp³-hybridized carbons (Fsp3) is 0.538. The molecule has 1 aromatic heterocycles. The molecule has 1 saturated carbocycles. The minimum absolute atomic E-state index is 0.0308. The number of carbonyl (C=O) groups is 1. The van der Waals surface area contributed by atoms with Crippen molar-refractivity contribution in [3.8, 4) is 5.75 Å². The van der Waals surface area contributed by atoms with E-state index in [9.17, 15) is 4.79 Å². The number of nitrogens with zero attached hydrogens (tertiary/aromatic N) is 2. The predicted molar refractivity (Wildman–Crippen MR) is 123 cm³/mol. The molecular weight excluding hydrogens is 386 g/mol. The fourth-order valence-electron chi connectivity index (χ4n) is 5.12. The first kappa shape index (κ1) is 21.8. The lowest BCUT2D eigenvalue weighted by Gasteiger charge is -2.40. The minimum Gasteiger partial charge on any atom is -0.492 e. The molecule has 1 saturated heterocycles. The Bertz CT molecular complexity index is 787. The highest BCUT2D eigenvalue weighted by Gasteiger charge is 2.36. The molecule has 166 valence electrons. The summed E-state index contributed by atoms with van der Waals surface area (Å²) in [7, 11) is 0. The van der Waals surface area contributed by atoms with Crippen molar-refractivity contribution in [2.24, 2.45) is 11.8 Å². The fourth-order valence-corrected chi connectivity index (χ4v) is 5.12. The Morgan fingerprint density at radius 2 is 1.74 bits per heavy atom. The lowest BCUT2D eigenvalue weighted by molar-refractivity contribution is -0.141. The molecule has 2 aliphatic rings. The highest BCUT2D eigenvalue weighted by molar-refractivity contribution is 5.79. The van der Waals surface area contributed by atoms with Gasteiger partial charge in [-0.25, -0.2) is 0 Å². The van der Waals surface area contributed by atoms with Crippen molar-refractivity contribution in [1.82, 2.24) is 15.2 Å². The van der Waals surface area contributed by atoms with Gasteiger partial charge in [-0.1, -0.05) is 43.5 Å². The second-order valence-corrected chi connectivity index (χ2v) is 8.81. The van der Waals surface area contributed by atoms with Crippen LogP contribution >= 0.6 is 0 Å². The molecule has 1 aromatic carbocycles. The van der Waals surface area contributed by atoms with Gasteiger partial charge in [-0.3, -0.25) is 9.78 Å². The lowest BCUT2D eigenvalue weighted by Crippen LogP contribution is -2.46. The van der Waals surface area contributed by atoms with Crippen LogP contribution in [0.3, 0.4) is 0 Å². The van der Waals surface area contributed by atoms with Gasteiger partial charge in [0.15, 0.2) is 0 Å². The van der Waals surface area contributed by atoms with Crippen molar-refractivity contribution >= 4 is 5.91 Å². The Morgan fingerprint density at radius 3 is 2.45 bits per heavy atom. The molecule has 1 unspecified atom stereocenters. The Kier molecular flexibility index (Phi) is 7.94. The highest BCUT2D eigenvalue weighted by atomic mass is 16.5. The number of hydrogen-bond donors (Lipinski definition) is 1. The number of rotatable bonds is 8. The lowest BCUT2D eigenvalue weighted by atomic mass is 9.81. The van der Waals surface area contributed by atoms with Gasteiger partial charge in [0.05, 0.1) is 18.3 Å². The van der Waals surface area contributed by atoms with Crippen LogP contribution < -0.4 is 10.1 Å². The molecule has 0 radical (unpaired) electrons. The number of benzene rings is 1. The van der Waals surface area contributed by atoms with Crippen molar-refractivity contribution in [3.05, 3.63) is 60.4 Å². The van der Waals surface area contributed by atoms with Gasteiger partial charge in [0.25, 0.3) is 0 Å². The summed E-state index contributed by atoms with van der Waals surface area (Å²) in [6, 6.07) is 16.0. The smallest absolute Gasteiger partial charge is 0.226 e. The van der Waals surface area contributed by atoms with Crippen molar-refractivity contribution in [2.45, 2.75) is 51.0 Å². The van der Waals surface area contributed by atoms with Crippen LogP contribution in [0.1, 0.15) is 56.7 Å². The first-order valence-electron chi connectivity index (χ1n) is 11.9. The first-order chi connectivity index (χ1) is 15.3. The molecule has 1 aliphatic heterocycles. The van der Waals surface area contributed by atoms with Crippen LogP contribution in [0.5, 0.6) is 5.75 Å². The molecule has 0 spiro atoms. The van der Waals surface area contributed by atoms with Gasteiger partial charge in [-0.2, -0.15) is 0 Å². The number of pyridine rings is 1. The molecule has 5 nitrogen and oxygen atoms in total. The van der Waals surface area contributed by atoms with Crippen LogP contribution in [0.15, 0.2) is 54.7 Å². The third-order valence-corrected chi connectivity index (χ3v) is 6.74. The number of hydrogen-bond acceptors (Lipinski definition) is 4. The zero-order valence-electron chi connectivity index (χ0n) is 18.4. The van der Waals surface area contributed by atoms with E-state index in [-0.39, 0.29) is 17.9 Å². The van der Waals surface area contributed by atoms with Crippen LogP contribution in [0.25, 0.3) is 0 Å². The second-order valence-electron chi connectivity index (χ2n) is 8.81. The van der Waals surface area contributed by atoms with E-state index >= 15 is 0 Å². The maximum absolute atomic E-state index is 13.8. The van der Waals surface area contributed by atoms with Crippen LogP contribution in [-0.4, -0.2) is 42.0 Å². The van der Waals surface area contributed by atoms with E-state index in [1.54, 1.807) is 0 Å². The molecule has 2 heterocycles. The molecule has 2 fully saturated rings. The SMILES string of the molecule is O=C(C1CCNCC1)N(CCOc1ccccc1)C(c1ccccn1)C1CCCCC1. The average molecular weight is 422 g/mol. The maximum atomic E-state index is 13.8. The topological polar surface area (TPSA) is 54.5 Å². The summed E-state index contributed by atoms with van der Waals surface area (Å²) in [6.07, 6.45) is 9.79. The summed E-state index contributed by atoms with van der Waals surface area (Å²) >= 11 is 0. The van der Waals surface area contributed by atoms with E-state index in [0.29, 0.717) is 19.1 Å².